The summed E-state index contributed by atoms with van der Waals surface area (Å²) >= 11 is 0. The average molecular weight is 493 g/mol. The zero-order chi connectivity index (χ0) is 23.4. The van der Waals surface area contributed by atoms with E-state index in [2.05, 4.69) is 47.1 Å². The van der Waals surface area contributed by atoms with E-state index in [0.29, 0.717) is 5.92 Å². The predicted molar refractivity (Wildman–Crippen MR) is 143 cm³/mol. The maximum absolute atomic E-state index is 9.61. The van der Waals surface area contributed by atoms with Crippen molar-refractivity contribution in [1.82, 2.24) is 5.32 Å². The van der Waals surface area contributed by atoms with Crippen molar-refractivity contribution in [3.8, 4) is 0 Å². The Morgan fingerprint density at radius 2 is 1.26 bits per heavy atom. The molecule has 1 atom stereocenters. The zero-order valence-electron chi connectivity index (χ0n) is 22.1. The fraction of sp³-hybridized carbons (Fsp3) is 0.767. The summed E-state index contributed by atoms with van der Waals surface area (Å²) in [7, 11) is 0. The summed E-state index contributed by atoms with van der Waals surface area (Å²) in [6, 6.07) is 10.7. The van der Waals surface area contributed by atoms with Crippen LogP contribution < -0.4 is 17.7 Å². The van der Waals surface area contributed by atoms with Gasteiger partial charge in [-0.3, -0.25) is 9.89 Å². The van der Waals surface area contributed by atoms with E-state index in [-0.39, 0.29) is 19.0 Å². The summed E-state index contributed by atoms with van der Waals surface area (Å²) in [5, 5.41) is 13.2. The molecule has 0 saturated heterocycles. The van der Waals surface area contributed by atoms with Crippen LogP contribution in [-0.2, 0) is 0 Å². The van der Waals surface area contributed by atoms with Gasteiger partial charge in [-0.25, -0.2) is 0 Å². The summed E-state index contributed by atoms with van der Waals surface area (Å²) in [5.41, 5.74) is 1.31. The number of hydrogen-bond acceptors (Lipinski definition) is 2. The second-order valence-corrected chi connectivity index (χ2v) is 10.1. The van der Waals surface area contributed by atoms with Crippen LogP contribution in [0.25, 0.3) is 0 Å². The van der Waals surface area contributed by atoms with Crippen molar-refractivity contribution in [2.75, 3.05) is 26.2 Å². The van der Waals surface area contributed by atoms with Crippen LogP contribution in [0.2, 0.25) is 0 Å². The average Bonchev–Trinajstić information content (AvgIpc) is 3.31. The highest BCUT2D eigenvalue weighted by molar-refractivity contribution is 5.85. The molecule has 2 rings (SSSR count). The summed E-state index contributed by atoms with van der Waals surface area (Å²) in [5.74, 6) is 1.62. The van der Waals surface area contributed by atoms with E-state index >= 15 is 0 Å². The van der Waals surface area contributed by atoms with Crippen molar-refractivity contribution in [3.63, 3.8) is 0 Å². The summed E-state index contributed by atoms with van der Waals surface area (Å²) in [6.45, 7) is 5.81. The van der Waals surface area contributed by atoms with Crippen LogP contribution >= 0.6 is 0 Å². The first-order valence-electron chi connectivity index (χ1n) is 14.4. The van der Waals surface area contributed by atoms with Crippen molar-refractivity contribution >= 4 is 5.84 Å². The first-order valence-corrected chi connectivity index (χ1v) is 14.4. The molecule has 1 aromatic rings. The fourth-order valence-electron chi connectivity index (χ4n) is 5.25. The molecular formula is C30H53ClN2O. The molecule has 34 heavy (non-hydrogen) atoms. The van der Waals surface area contributed by atoms with Gasteiger partial charge in [0.25, 0.3) is 5.84 Å². The van der Waals surface area contributed by atoms with E-state index in [9.17, 15) is 5.11 Å². The highest BCUT2D eigenvalue weighted by atomic mass is 35.5. The van der Waals surface area contributed by atoms with E-state index in [1.165, 1.54) is 114 Å². The molecule has 0 fully saturated rings. The zero-order valence-corrected chi connectivity index (χ0v) is 22.8. The fourth-order valence-corrected chi connectivity index (χ4v) is 5.25. The lowest BCUT2D eigenvalue weighted by atomic mass is 9.94. The molecule has 0 spiro atoms. The Balaban J connectivity index is 0.00000578. The third-order valence-corrected chi connectivity index (χ3v) is 7.26. The van der Waals surface area contributed by atoms with Crippen LogP contribution in [-0.4, -0.2) is 41.8 Å². The van der Waals surface area contributed by atoms with Gasteiger partial charge in [0.05, 0.1) is 12.5 Å². The summed E-state index contributed by atoms with van der Waals surface area (Å²) in [6.07, 6.45) is 23.5. The lowest BCUT2D eigenvalue weighted by Crippen LogP contribution is -3.00. The third kappa shape index (κ3) is 13.1. The molecule has 0 bridgehead atoms. The molecular weight excluding hydrogens is 440 g/mol. The molecule has 2 N–H and O–H groups in total. The van der Waals surface area contributed by atoms with Crippen molar-refractivity contribution in [3.05, 3.63) is 35.9 Å². The van der Waals surface area contributed by atoms with E-state index in [1.807, 2.05) is 0 Å². The van der Waals surface area contributed by atoms with E-state index in [1.54, 1.807) is 0 Å². The number of aliphatic hydroxyl groups excluding tert-OH is 1. The Hall–Kier alpha value is -1.06. The van der Waals surface area contributed by atoms with Gasteiger partial charge in [0, 0.05) is 6.61 Å². The number of nitrogens with zero attached hydrogens (tertiary/aromatic N) is 1. The number of hydrogen-bond donors (Lipinski definition) is 2. The van der Waals surface area contributed by atoms with Crippen LogP contribution in [0.4, 0.5) is 0 Å². The molecule has 3 nitrogen and oxygen atoms in total. The Bertz CT molecular complexity index is 619. The smallest absolute Gasteiger partial charge is 0.252 e. The van der Waals surface area contributed by atoms with Gasteiger partial charge in [-0.05, 0) is 24.8 Å². The minimum atomic E-state index is 0. The minimum absolute atomic E-state index is 0. The van der Waals surface area contributed by atoms with Crippen LogP contribution in [0.3, 0.4) is 0 Å². The lowest BCUT2D eigenvalue weighted by molar-refractivity contribution is -0.520. The molecule has 1 aliphatic heterocycles. The number of benzene rings is 1. The van der Waals surface area contributed by atoms with E-state index in [4.69, 9.17) is 0 Å². The van der Waals surface area contributed by atoms with Gasteiger partial charge < -0.3 is 17.5 Å². The number of aliphatic hydroxyl groups is 1. The molecule has 0 radical (unpaired) electrons. The summed E-state index contributed by atoms with van der Waals surface area (Å²) in [4.78, 5) is 0. The Kier molecular flexibility index (Phi) is 19.3. The maximum atomic E-state index is 9.61. The monoisotopic (exact) mass is 492 g/mol. The van der Waals surface area contributed by atoms with Gasteiger partial charge >= 0.3 is 0 Å². The van der Waals surface area contributed by atoms with Gasteiger partial charge in [-0.15, -0.1) is 0 Å². The summed E-state index contributed by atoms with van der Waals surface area (Å²) < 4.78 is 2.54. The van der Waals surface area contributed by atoms with Crippen LogP contribution in [0.1, 0.15) is 128 Å². The van der Waals surface area contributed by atoms with E-state index < -0.39 is 0 Å². The lowest BCUT2D eigenvalue weighted by Gasteiger charge is -2.15. The van der Waals surface area contributed by atoms with Gasteiger partial charge in [0.1, 0.15) is 13.1 Å². The SMILES string of the molecule is CCCCCCCCCCCCCCCCCC[N+]1=C(C(CCO)c2ccccc2)NCC1.[Cl-]. The second-order valence-electron chi connectivity index (χ2n) is 10.1. The second kappa shape index (κ2) is 21.2. The molecule has 1 heterocycles. The van der Waals surface area contributed by atoms with Crippen LogP contribution in [0, 0.1) is 0 Å². The molecule has 1 aliphatic rings. The number of unbranched alkanes of at least 4 members (excludes halogenated alkanes) is 15. The van der Waals surface area contributed by atoms with Gasteiger partial charge in [-0.2, -0.15) is 0 Å². The van der Waals surface area contributed by atoms with Crippen molar-refractivity contribution in [1.29, 1.82) is 0 Å². The number of rotatable bonds is 21. The number of halogens is 1. The maximum Gasteiger partial charge on any atom is 0.252 e. The highest BCUT2D eigenvalue weighted by Crippen LogP contribution is 2.22. The molecule has 196 valence electrons. The number of amidine groups is 1. The minimum Gasteiger partial charge on any atom is -1.00 e. The Morgan fingerprint density at radius 3 is 1.76 bits per heavy atom. The van der Waals surface area contributed by atoms with Gasteiger partial charge in [0.2, 0.25) is 0 Å². The number of nitrogens with one attached hydrogen (secondary N) is 1. The topological polar surface area (TPSA) is 35.3 Å². The van der Waals surface area contributed by atoms with Gasteiger partial charge in [0.15, 0.2) is 0 Å². The van der Waals surface area contributed by atoms with Crippen molar-refractivity contribution in [2.45, 2.75) is 122 Å². The Morgan fingerprint density at radius 1 is 0.765 bits per heavy atom. The first kappa shape index (κ1) is 31.0. The highest BCUT2D eigenvalue weighted by Gasteiger charge is 2.30. The normalized spacial score (nSPS) is 14.2. The predicted octanol–water partition coefficient (Wildman–Crippen LogP) is 4.43. The van der Waals surface area contributed by atoms with Crippen LogP contribution in [0.15, 0.2) is 30.3 Å². The Labute approximate surface area is 217 Å². The standard InChI is InChI=1S/C30H52N2O.ClH/c1-2-3-4-5-6-7-8-9-10-11-12-13-14-15-16-20-25-32-26-24-31-30(32)29(23-27-33)28-21-18-17-19-22-28;/h17-19,21-22,29,33H,2-16,20,23-27H2,1H3;1H. The van der Waals surface area contributed by atoms with Gasteiger partial charge in [-0.1, -0.05) is 127 Å². The van der Waals surface area contributed by atoms with E-state index in [0.717, 1.165) is 26.1 Å². The largest absolute Gasteiger partial charge is 1.00 e. The molecule has 0 amide bonds. The molecule has 0 aliphatic carbocycles. The molecule has 1 unspecified atom stereocenters. The van der Waals surface area contributed by atoms with Crippen molar-refractivity contribution < 1.29 is 22.1 Å². The first-order chi connectivity index (χ1) is 16.4. The third-order valence-electron chi connectivity index (χ3n) is 7.26. The van der Waals surface area contributed by atoms with Crippen LogP contribution in [0.5, 0.6) is 0 Å². The van der Waals surface area contributed by atoms with Crippen molar-refractivity contribution in [2.24, 2.45) is 0 Å². The molecule has 1 aromatic carbocycles. The molecule has 0 saturated carbocycles. The molecule has 0 aromatic heterocycles. The molecule has 4 heteroatoms. The quantitative estimate of drug-likeness (QED) is 0.197.